The van der Waals surface area contributed by atoms with Gasteiger partial charge >= 0.3 is 12.1 Å². The third kappa shape index (κ3) is 5.48. The van der Waals surface area contributed by atoms with Gasteiger partial charge in [-0.2, -0.15) is 0 Å². The van der Waals surface area contributed by atoms with Gasteiger partial charge in [0, 0.05) is 19.1 Å². The highest BCUT2D eigenvalue weighted by Gasteiger charge is 2.44. The fourth-order valence-corrected chi connectivity index (χ4v) is 2.58. The van der Waals surface area contributed by atoms with Crippen LogP contribution in [0.1, 0.15) is 48.0 Å². The Balaban J connectivity index is 2.83. The average Bonchev–Trinajstić information content (AvgIpc) is 2.33. The zero-order valence-corrected chi connectivity index (χ0v) is 14.6. The molecule has 0 saturated carbocycles. The summed E-state index contributed by atoms with van der Waals surface area (Å²) in [6, 6.07) is -0.0373. The van der Waals surface area contributed by atoms with Gasteiger partial charge in [-0.25, -0.2) is 4.79 Å². The van der Waals surface area contributed by atoms with Crippen molar-refractivity contribution in [3.63, 3.8) is 0 Å². The molecule has 1 rings (SSSR count). The number of nitrogens with zero attached hydrogens (tertiary/aromatic N) is 1. The van der Waals surface area contributed by atoms with Gasteiger partial charge < -0.3 is 20.1 Å². The molecule has 0 radical (unpaired) electrons. The minimum atomic E-state index is -0.955. The number of rotatable bonds is 4. The molecule has 0 aromatic carbocycles. The Morgan fingerprint density at radius 3 is 2.45 bits per heavy atom. The highest BCUT2D eigenvalue weighted by atomic mass is 16.6. The van der Waals surface area contributed by atoms with Crippen LogP contribution in [0, 0.1) is 11.3 Å². The maximum atomic E-state index is 12.3. The number of amides is 1. The molecule has 0 aromatic rings. The predicted molar refractivity (Wildman–Crippen MR) is 84.8 cm³/mol. The van der Waals surface area contributed by atoms with Crippen molar-refractivity contribution in [2.24, 2.45) is 11.3 Å². The van der Waals surface area contributed by atoms with Gasteiger partial charge in [0.05, 0.1) is 5.41 Å². The average molecular weight is 314 g/mol. The molecule has 0 aromatic heterocycles. The number of nitrogens with one attached hydrogen (secondary N) is 1. The summed E-state index contributed by atoms with van der Waals surface area (Å²) in [4.78, 5) is 25.4. The van der Waals surface area contributed by atoms with Crippen LogP contribution in [-0.4, -0.2) is 53.3 Å². The largest absolute Gasteiger partial charge is 0.481 e. The number of hydrogen-bond donors (Lipinski definition) is 2. The number of hydrogen-bond acceptors (Lipinski definition) is 4. The second-order valence-corrected chi connectivity index (χ2v) is 7.93. The van der Waals surface area contributed by atoms with Crippen molar-refractivity contribution in [1.82, 2.24) is 10.2 Å². The molecule has 2 N–H and O–H groups in total. The van der Waals surface area contributed by atoms with Crippen LogP contribution in [0.2, 0.25) is 0 Å². The lowest BCUT2D eigenvalue weighted by molar-refractivity contribution is -0.151. The lowest BCUT2D eigenvalue weighted by Crippen LogP contribution is -2.58. The van der Waals surface area contributed by atoms with E-state index in [9.17, 15) is 14.7 Å². The molecule has 2 atom stereocenters. The first kappa shape index (κ1) is 18.7. The topological polar surface area (TPSA) is 78.9 Å². The highest BCUT2D eigenvalue weighted by molar-refractivity contribution is 5.76. The summed E-state index contributed by atoms with van der Waals surface area (Å²) in [5.74, 6) is -0.412. The maximum absolute atomic E-state index is 12.3. The van der Waals surface area contributed by atoms with E-state index in [0.29, 0.717) is 18.9 Å². The van der Waals surface area contributed by atoms with E-state index >= 15 is 0 Å². The molecule has 1 saturated heterocycles. The first-order valence-electron chi connectivity index (χ1n) is 7.87. The van der Waals surface area contributed by atoms with Crippen LogP contribution in [0.15, 0.2) is 0 Å². The Kier molecular flexibility index (Phi) is 5.84. The van der Waals surface area contributed by atoms with E-state index in [1.54, 1.807) is 27.7 Å². The highest BCUT2D eigenvalue weighted by Crippen LogP contribution is 2.31. The maximum Gasteiger partial charge on any atom is 0.410 e. The van der Waals surface area contributed by atoms with Crippen LogP contribution in [0.5, 0.6) is 0 Å². The predicted octanol–water partition coefficient (Wildman–Crippen LogP) is 2.33. The van der Waals surface area contributed by atoms with Crippen molar-refractivity contribution in [2.45, 2.75) is 59.6 Å². The Labute approximate surface area is 133 Å². The Hall–Kier alpha value is -1.30. The van der Waals surface area contributed by atoms with Crippen molar-refractivity contribution < 1.29 is 19.4 Å². The van der Waals surface area contributed by atoms with Crippen LogP contribution in [0.25, 0.3) is 0 Å². The van der Waals surface area contributed by atoms with E-state index in [0.717, 1.165) is 6.54 Å². The molecular weight excluding hydrogens is 284 g/mol. The van der Waals surface area contributed by atoms with E-state index in [2.05, 4.69) is 19.2 Å². The van der Waals surface area contributed by atoms with Gasteiger partial charge in [-0.1, -0.05) is 13.8 Å². The van der Waals surface area contributed by atoms with Crippen molar-refractivity contribution >= 4 is 12.1 Å². The zero-order chi connectivity index (χ0) is 17.1. The summed E-state index contributed by atoms with van der Waals surface area (Å²) in [7, 11) is 0. The van der Waals surface area contributed by atoms with Crippen LogP contribution in [-0.2, 0) is 9.53 Å². The molecule has 128 valence electrons. The van der Waals surface area contributed by atoms with Gasteiger partial charge in [0.25, 0.3) is 0 Å². The lowest BCUT2D eigenvalue weighted by atomic mass is 9.79. The van der Waals surface area contributed by atoms with Crippen molar-refractivity contribution in [2.75, 3.05) is 19.6 Å². The minimum Gasteiger partial charge on any atom is -0.481 e. The molecule has 1 heterocycles. The smallest absolute Gasteiger partial charge is 0.410 e. The van der Waals surface area contributed by atoms with Crippen LogP contribution in [0.3, 0.4) is 0 Å². The van der Waals surface area contributed by atoms with E-state index in [4.69, 9.17) is 4.74 Å². The normalized spacial score (nSPS) is 26.1. The third-order valence-electron chi connectivity index (χ3n) is 3.66. The third-order valence-corrected chi connectivity index (χ3v) is 3.66. The van der Waals surface area contributed by atoms with Crippen molar-refractivity contribution in [3.05, 3.63) is 0 Å². The van der Waals surface area contributed by atoms with Crippen LogP contribution in [0.4, 0.5) is 4.79 Å². The molecular formula is C16H30N2O4. The standard InChI is InChI=1S/C16H30N2O4/c1-11(2)8-17-12-7-16(6,13(19)20)10-18(9-12)14(21)22-15(3,4)5/h11-12,17H,7-10H2,1-6H3,(H,19,20)/t12-,16+/m0/s1. The Morgan fingerprint density at radius 1 is 1.41 bits per heavy atom. The quantitative estimate of drug-likeness (QED) is 0.832. The number of likely N-dealkylation sites (tertiary alicyclic amines) is 1. The first-order chi connectivity index (χ1) is 9.93. The number of carbonyl (C=O) groups excluding carboxylic acids is 1. The van der Waals surface area contributed by atoms with Crippen molar-refractivity contribution in [3.8, 4) is 0 Å². The molecule has 0 bridgehead atoms. The van der Waals surface area contributed by atoms with E-state index in [1.165, 1.54) is 4.90 Å². The fourth-order valence-electron chi connectivity index (χ4n) is 2.58. The summed E-state index contributed by atoms with van der Waals surface area (Å²) in [6.45, 7) is 12.7. The molecule has 0 spiro atoms. The van der Waals surface area contributed by atoms with Gasteiger partial charge in [-0.3, -0.25) is 4.79 Å². The Morgan fingerprint density at radius 2 is 2.00 bits per heavy atom. The van der Waals surface area contributed by atoms with E-state index in [-0.39, 0.29) is 12.6 Å². The molecule has 1 amide bonds. The summed E-state index contributed by atoms with van der Waals surface area (Å²) in [5, 5.41) is 12.9. The number of carboxylic acids is 1. The zero-order valence-electron chi connectivity index (χ0n) is 14.6. The number of ether oxygens (including phenoxy) is 1. The summed E-state index contributed by atoms with van der Waals surface area (Å²) < 4.78 is 5.39. The number of carbonyl (C=O) groups is 2. The summed E-state index contributed by atoms with van der Waals surface area (Å²) >= 11 is 0. The molecule has 6 nitrogen and oxygen atoms in total. The van der Waals surface area contributed by atoms with Crippen molar-refractivity contribution in [1.29, 1.82) is 0 Å². The molecule has 1 fully saturated rings. The van der Waals surface area contributed by atoms with Crippen LogP contribution < -0.4 is 5.32 Å². The number of carboxylic acid groups (broad SMARTS) is 1. The molecule has 6 heteroatoms. The molecule has 22 heavy (non-hydrogen) atoms. The van der Waals surface area contributed by atoms with Gasteiger partial charge in [0.15, 0.2) is 0 Å². The molecule has 0 unspecified atom stereocenters. The summed E-state index contributed by atoms with van der Waals surface area (Å²) in [6.07, 6.45) is 0.0602. The lowest BCUT2D eigenvalue weighted by Gasteiger charge is -2.42. The number of aliphatic carboxylic acids is 1. The van der Waals surface area contributed by atoms with Gasteiger partial charge in [-0.05, 0) is 46.6 Å². The molecule has 1 aliphatic heterocycles. The fraction of sp³-hybridized carbons (Fsp3) is 0.875. The minimum absolute atomic E-state index is 0.0373. The molecule has 1 aliphatic rings. The van der Waals surface area contributed by atoms with Gasteiger partial charge in [0.1, 0.15) is 5.60 Å². The second-order valence-electron chi connectivity index (χ2n) is 7.93. The first-order valence-corrected chi connectivity index (χ1v) is 7.87. The summed E-state index contributed by atoms with van der Waals surface area (Å²) in [5.41, 5.74) is -1.54. The van der Waals surface area contributed by atoms with Gasteiger partial charge in [0.2, 0.25) is 0 Å². The second kappa shape index (κ2) is 6.86. The van der Waals surface area contributed by atoms with E-state index < -0.39 is 23.1 Å². The molecule has 0 aliphatic carbocycles. The Bertz CT molecular complexity index is 417. The van der Waals surface area contributed by atoms with Crippen LogP contribution >= 0.6 is 0 Å². The number of piperidine rings is 1. The van der Waals surface area contributed by atoms with E-state index in [1.807, 2.05) is 0 Å². The SMILES string of the molecule is CC(C)CN[C@@H]1CN(C(=O)OC(C)(C)C)C[C@](C)(C(=O)O)C1. The monoisotopic (exact) mass is 314 g/mol. The van der Waals surface area contributed by atoms with Gasteiger partial charge in [-0.15, -0.1) is 0 Å².